The van der Waals surface area contributed by atoms with Crippen LogP contribution in [0, 0.1) is 11.8 Å². The van der Waals surface area contributed by atoms with Crippen LogP contribution in [0.4, 0.5) is 0 Å². The van der Waals surface area contributed by atoms with Crippen molar-refractivity contribution in [3.63, 3.8) is 0 Å². The highest BCUT2D eigenvalue weighted by Crippen LogP contribution is 2.66. The van der Waals surface area contributed by atoms with Crippen LogP contribution in [-0.2, 0) is 11.2 Å². The Morgan fingerprint density at radius 1 is 1.09 bits per heavy atom. The molecule has 4 N–H and O–H groups in total. The third-order valence-corrected chi connectivity index (χ3v) is 5.76. The zero-order valence-corrected chi connectivity index (χ0v) is 12.3. The molecule has 0 saturated heterocycles. The van der Waals surface area contributed by atoms with Crippen molar-refractivity contribution in [1.82, 2.24) is 0 Å². The lowest BCUT2D eigenvalue weighted by atomic mass is 9.96. The average Bonchev–Trinajstić information content (AvgIpc) is 3.15. The summed E-state index contributed by atoms with van der Waals surface area (Å²) in [5, 5.41) is 39.6. The van der Waals surface area contributed by atoms with E-state index in [4.69, 9.17) is 0 Å². The Kier molecular flexibility index (Phi) is 2.75. The van der Waals surface area contributed by atoms with Gasteiger partial charge in [0.1, 0.15) is 0 Å². The van der Waals surface area contributed by atoms with Gasteiger partial charge in [-0.3, -0.25) is 4.79 Å². The maximum Gasteiger partial charge on any atom is 0.220 e. The Morgan fingerprint density at radius 3 is 2.64 bits per heavy atom. The molecule has 1 aromatic carbocycles. The predicted molar refractivity (Wildman–Crippen MR) is 81.1 cm³/mol. The summed E-state index contributed by atoms with van der Waals surface area (Å²) in [5.74, 6) is -1.20. The van der Waals surface area contributed by atoms with Crippen molar-refractivity contribution in [2.75, 3.05) is 5.75 Å². The van der Waals surface area contributed by atoms with Crippen molar-refractivity contribution in [1.29, 1.82) is 0 Å². The quantitative estimate of drug-likeness (QED) is 0.548. The molecule has 1 fully saturated rings. The Balaban J connectivity index is 1.89. The van der Waals surface area contributed by atoms with E-state index < -0.39 is 5.75 Å². The van der Waals surface area contributed by atoms with Crippen molar-refractivity contribution in [2.24, 2.45) is 11.8 Å². The fourth-order valence-corrected chi connectivity index (χ4v) is 4.80. The summed E-state index contributed by atoms with van der Waals surface area (Å²) in [6.07, 6.45) is 3.64. The van der Waals surface area contributed by atoms with Crippen molar-refractivity contribution < 1.29 is 25.2 Å². The van der Waals surface area contributed by atoms with Gasteiger partial charge in [-0.25, -0.2) is 0 Å². The van der Waals surface area contributed by atoms with Gasteiger partial charge in [-0.05, 0) is 41.0 Å². The molecule has 3 atom stereocenters. The van der Waals surface area contributed by atoms with Gasteiger partial charge in [-0.1, -0.05) is 0 Å². The van der Waals surface area contributed by atoms with Crippen LogP contribution < -0.4 is 0 Å². The number of hydrogen-bond donors (Lipinski definition) is 4. The number of thioether (sulfide) groups is 1. The fraction of sp³-hybridized carbons (Fsp3) is 0.312. The highest BCUT2D eigenvalue weighted by molar-refractivity contribution is 8.03. The van der Waals surface area contributed by atoms with E-state index in [1.54, 1.807) is 17.8 Å². The number of rotatable bonds is 0. The van der Waals surface area contributed by atoms with Crippen LogP contribution in [0.3, 0.4) is 0 Å². The van der Waals surface area contributed by atoms with Crippen molar-refractivity contribution in [3.05, 3.63) is 40.0 Å². The van der Waals surface area contributed by atoms with Crippen LogP contribution in [0.15, 0.2) is 28.9 Å². The Morgan fingerprint density at radius 2 is 1.86 bits per heavy atom. The number of phenolic OH excluding ortho intramolecular Hbond substituents is 3. The second kappa shape index (κ2) is 4.46. The molecule has 0 spiro atoms. The minimum absolute atomic E-state index is 0.0347. The number of fused-ring (bicyclic) bond motifs is 3. The van der Waals surface area contributed by atoms with E-state index in [0.717, 1.165) is 10.5 Å². The molecule has 22 heavy (non-hydrogen) atoms. The molecule has 4 rings (SSSR count). The number of aryl methyl sites for hydroxylation is 1. The van der Waals surface area contributed by atoms with Crippen LogP contribution in [0.1, 0.15) is 17.0 Å². The number of carbonyl (C=O) groups is 1. The van der Waals surface area contributed by atoms with E-state index in [0.29, 0.717) is 17.7 Å². The van der Waals surface area contributed by atoms with E-state index >= 15 is 0 Å². The number of ketones is 1. The monoisotopic (exact) mass is 318 g/mol. The summed E-state index contributed by atoms with van der Waals surface area (Å²) in [6.45, 7) is 0. The number of carbonyl (C=O) groups excluding carboxylic acids is 1. The average molecular weight is 318 g/mol. The minimum atomic E-state index is -0.511. The second-order valence-corrected chi connectivity index (χ2v) is 7.02. The molecule has 1 aromatic rings. The first-order chi connectivity index (χ1) is 10.5. The number of allylic oxidation sites excluding steroid dienone is 3. The van der Waals surface area contributed by atoms with Gasteiger partial charge in [-0.15, -0.1) is 11.8 Å². The van der Waals surface area contributed by atoms with E-state index in [9.17, 15) is 25.2 Å². The maximum atomic E-state index is 11.8. The maximum absolute atomic E-state index is 11.8. The Hall–Kier alpha value is -2.08. The molecule has 0 radical (unpaired) electrons. The van der Waals surface area contributed by atoms with Crippen molar-refractivity contribution in [3.8, 4) is 17.2 Å². The normalized spacial score (nSPS) is 29.3. The number of aliphatic hydroxyl groups is 1. The molecule has 0 bridgehead atoms. The smallest absolute Gasteiger partial charge is 0.220 e. The molecule has 1 aliphatic heterocycles. The van der Waals surface area contributed by atoms with E-state index in [-0.39, 0.29) is 40.8 Å². The predicted octanol–water partition coefficient (Wildman–Crippen LogP) is 2.33. The fourth-order valence-electron chi connectivity index (χ4n) is 3.55. The third kappa shape index (κ3) is 1.76. The largest absolute Gasteiger partial charge is 0.504 e. The summed E-state index contributed by atoms with van der Waals surface area (Å²) >= 11 is 1.57. The highest BCUT2D eigenvalue weighted by atomic mass is 32.2. The number of aromatic hydroxyl groups is 3. The second-order valence-electron chi connectivity index (χ2n) is 5.86. The molecule has 0 amide bonds. The molecule has 2 aliphatic carbocycles. The summed E-state index contributed by atoms with van der Waals surface area (Å²) in [6, 6.07) is 1.49. The molecule has 0 aromatic heterocycles. The molecular formula is C16H14O5S. The molecule has 114 valence electrons. The van der Waals surface area contributed by atoms with Crippen molar-refractivity contribution >= 4 is 17.5 Å². The summed E-state index contributed by atoms with van der Waals surface area (Å²) < 4.78 is 0. The summed E-state index contributed by atoms with van der Waals surface area (Å²) in [5.41, 5.74) is 1.42. The lowest BCUT2D eigenvalue weighted by molar-refractivity contribution is -0.113. The zero-order valence-electron chi connectivity index (χ0n) is 11.5. The topological polar surface area (TPSA) is 98.0 Å². The lowest BCUT2D eigenvalue weighted by Gasteiger charge is -2.18. The number of hydrogen-bond acceptors (Lipinski definition) is 6. The molecular weight excluding hydrogens is 304 g/mol. The Labute approximate surface area is 130 Å². The van der Waals surface area contributed by atoms with Crippen LogP contribution in [-0.4, -0.2) is 32.0 Å². The van der Waals surface area contributed by atoms with Crippen LogP contribution in [0.25, 0.3) is 0 Å². The summed E-state index contributed by atoms with van der Waals surface area (Å²) in [7, 11) is 0. The molecule has 1 saturated carbocycles. The Bertz CT molecular complexity index is 764. The van der Waals surface area contributed by atoms with Crippen LogP contribution >= 0.6 is 11.8 Å². The minimum Gasteiger partial charge on any atom is -0.504 e. The van der Waals surface area contributed by atoms with Gasteiger partial charge in [-0.2, -0.15) is 0 Å². The zero-order chi connectivity index (χ0) is 15.6. The van der Waals surface area contributed by atoms with E-state index in [1.807, 2.05) is 0 Å². The third-order valence-electron chi connectivity index (χ3n) is 4.63. The highest BCUT2D eigenvalue weighted by Gasteiger charge is 2.55. The SMILES string of the molecule is O=C1C=C2SCCc3cc(O)c(O)c(O)c3C3C(C=C1O)C23. The van der Waals surface area contributed by atoms with Crippen LogP contribution in [0.2, 0.25) is 0 Å². The molecule has 1 heterocycles. The molecule has 3 aliphatic rings. The summed E-state index contributed by atoms with van der Waals surface area (Å²) in [4.78, 5) is 12.7. The molecule has 3 unspecified atom stereocenters. The van der Waals surface area contributed by atoms with Gasteiger partial charge in [0.15, 0.2) is 17.3 Å². The van der Waals surface area contributed by atoms with Gasteiger partial charge in [0.25, 0.3) is 0 Å². The van der Waals surface area contributed by atoms with E-state index in [2.05, 4.69) is 0 Å². The lowest BCUT2D eigenvalue weighted by Crippen LogP contribution is -2.04. The first-order valence-electron chi connectivity index (χ1n) is 7.05. The number of aliphatic hydroxyl groups excluding tert-OH is 1. The van der Waals surface area contributed by atoms with Gasteiger partial charge in [0.05, 0.1) is 0 Å². The number of benzene rings is 1. The standard InChI is InChI=1S/C16H14O5S/c17-8-4-7-13-11(5-9(8)18)22-2-1-6-3-10(19)15(20)16(21)12(6)14(7)13/h3-5,7,13-14,17,19-21H,1-2H2. The first kappa shape index (κ1) is 13.6. The first-order valence-corrected chi connectivity index (χ1v) is 8.03. The van der Waals surface area contributed by atoms with Gasteiger partial charge in [0, 0.05) is 23.2 Å². The van der Waals surface area contributed by atoms with Crippen molar-refractivity contribution in [2.45, 2.75) is 12.3 Å². The van der Waals surface area contributed by atoms with E-state index in [1.165, 1.54) is 12.1 Å². The van der Waals surface area contributed by atoms with Crippen LogP contribution in [0.5, 0.6) is 17.2 Å². The van der Waals surface area contributed by atoms with Gasteiger partial charge >= 0.3 is 0 Å². The molecule has 5 nitrogen and oxygen atoms in total. The van der Waals surface area contributed by atoms with Gasteiger partial charge in [0.2, 0.25) is 11.5 Å². The molecule has 6 heteroatoms. The number of phenols is 3. The van der Waals surface area contributed by atoms with Gasteiger partial charge < -0.3 is 20.4 Å².